The van der Waals surface area contributed by atoms with Crippen molar-refractivity contribution >= 4 is 191 Å². The van der Waals surface area contributed by atoms with Crippen molar-refractivity contribution in [2.24, 2.45) is 58.8 Å². The van der Waals surface area contributed by atoms with Crippen molar-refractivity contribution in [1.82, 2.24) is 78.4 Å². The number of fused-ring (bicyclic) bond motifs is 4. The van der Waals surface area contributed by atoms with Crippen LogP contribution in [0.5, 0.6) is 0 Å². The lowest BCUT2D eigenvalue weighted by atomic mass is 9.97. The normalized spacial score (nSPS) is 19.4. The van der Waals surface area contributed by atoms with Crippen molar-refractivity contribution in [3.8, 4) is 6.07 Å². The van der Waals surface area contributed by atoms with Crippen molar-refractivity contribution in [2.45, 2.75) is 177 Å². The van der Waals surface area contributed by atoms with Crippen molar-refractivity contribution in [3.05, 3.63) is 140 Å². The molecule has 12 amide bonds. The van der Waals surface area contributed by atoms with Gasteiger partial charge in [0.25, 0.3) is 17.7 Å². The standard InChI is InChI=1S/C23H27ClN4O5.C22H26ClN5O4.C22H24ClN5O3.C14H23N3O4.C9H6ClNO2.ClH.11H2/c1-33-23(32)18(11-14-7-8-25-20(14)29)28-21(30)16(9-12-5-6-12)27-22(31)17-10-13-3-2-4-15(24)19(13)26-17;23-14-3-1-2-12-9-17(26-18(12)14)22(32)28-16(8-11-4-5-11)21(31)27-15(19(24)29)10-13-6-7-25-20(13)30;23-16-3-1-2-13-10-18(27-19(13)16)22(31)28-17(8-12-4-5-12)21(30)26-15(11-24)9-14-6-7-25-20(14)29;1-21-14(20)11(7-9-4-5-16-12(9)18)17-13(19)10(15)6-8-2-3-8;10-6-3-1-2-5-4-7(9(12)13)11-8(5)6;;;;;;;;;;;;/h2-4,10,12,14,16,18,26H,5-9,11H2,1H3,(H,25,29)(H,27,31)(H,28,30);1-3,9,11,13,15-16,26H,4-8,10H2,(H2,24,29)(H,25,30)(H,27,31)(H,28,32);1-3,10,12,14-15,17,27H,4-9H2,(H,25,29)(H,26,30)(H,28,31);8-11H,2-7,15H2,1H3,(H,16,18)(H,17,19);1-4,11H,(H,12,13);12*1H/t14-,16-,18-;13-,15-,16-;14-,15-,17-;9-,10-,11-;;;;;;;;;;;;;/m0000............./s1. The predicted molar refractivity (Wildman–Crippen MR) is 511 cm³/mol. The first-order valence-electron chi connectivity index (χ1n) is 43.5. The third kappa shape index (κ3) is 28.0. The summed E-state index contributed by atoms with van der Waals surface area (Å²) in [6, 6.07) is 23.5. The number of aromatic carboxylic acids is 1. The van der Waals surface area contributed by atoms with E-state index in [2.05, 4.69) is 84.5 Å². The third-order valence-electron chi connectivity index (χ3n) is 24.1. The molecule has 4 aromatic carbocycles. The molecule has 0 bridgehead atoms. The zero-order valence-corrected chi connectivity index (χ0v) is 75.7. The van der Waals surface area contributed by atoms with Crippen molar-refractivity contribution in [3.63, 3.8) is 0 Å². The Kier molecular flexibility index (Phi) is 35.1. The fourth-order valence-corrected chi connectivity index (χ4v) is 17.0. The molecule has 8 aromatic rings. The summed E-state index contributed by atoms with van der Waals surface area (Å²) < 4.78 is 9.54. The molecule has 0 unspecified atom stereocenters. The van der Waals surface area contributed by atoms with Crippen LogP contribution in [0.25, 0.3) is 43.6 Å². The van der Waals surface area contributed by atoms with Crippen molar-refractivity contribution in [1.29, 1.82) is 5.26 Å². The molecule has 36 nitrogen and oxygen atoms in total. The summed E-state index contributed by atoms with van der Waals surface area (Å²) in [4.78, 5) is 195. The zero-order valence-electron chi connectivity index (χ0n) is 71.9. The van der Waals surface area contributed by atoms with E-state index in [0.717, 1.165) is 72.9 Å². The van der Waals surface area contributed by atoms with Crippen LogP contribution in [-0.2, 0) is 62.2 Å². The van der Waals surface area contributed by atoms with Gasteiger partial charge in [-0.2, -0.15) is 5.26 Å². The van der Waals surface area contributed by atoms with E-state index in [-0.39, 0.29) is 118 Å². The van der Waals surface area contributed by atoms with Crippen LogP contribution in [0.3, 0.4) is 0 Å². The number of rotatable bonds is 34. The summed E-state index contributed by atoms with van der Waals surface area (Å²) in [5.74, 6) is -6.00. The van der Waals surface area contributed by atoms with Crippen molar-refractivity contribution < 1.29 is 102 Å². The molecule has 4 saturated carbocycles. The molecule has 8 heterocycles. The van der Waals surface area contributed by atoms with Gasteiger partial charge in [0.15, 0.2) is 0 Å². The third-order valence-corrected chi connectivity index (χ3v) is 25.4. The van der Waals surface area contributed by atoms with Crippen LogP contribution in [0.4, 0.5) is 0 Å². The maximum absolute atomic E-state index is 13.1. The van der Waals surface area contributed by atoms with Crippen LogP contribution in [0.1, 0.15) is 186 Å². The number of aromatic nitrogens is 4. The number of benzene rings is 4. The molecule has 8 fully saturated rings. The number of carboxylic acid groups (broad SMARTS) is 1. The van der Waals surface area contributed by atoms with Crippen LogP contribution in [0.15, 0.2) is 97.1 Å². The van der Waals surface area contributed by atoms with E-state index in [1.165, 1.54) is 14.2 Å². The Morgan fingerprint density at radius 1 is 0.405 bits per heavy atom. The lowest BCUT2D eigenvalue weighted by Gasteiger charge is -2.23. The van der Waals surface area contributed by atoms with E-state index in [0.29, 0.717) is 155 Å². The number of H-pyrrole nitrogens is 4. The number of hydrogen-bond acceptors (Lipinski definition) is 19. The first kappa shape index (κ1) is 99.6. The van der Waals surface area contributed by atoms with Gasteiger partial charge in [-0.25, -0.2) is 14.4 Å². The first-order valence-corrected chi connectivity index (χ1v) is 45.0. The van der Waals surface area contributed by atoms with Crippen molar-refractivity contribution in [2.75, 3.05) is 40.4 Å². The number of aromatic amines is 4. The van der Waals surface area contributed by atoms with Gasteiger partial charge in [0.1, 0.15) is 65.1 Å². The molecule has 0 radical (unpaired) electrons. The lowest BCUT2D eigenvalue weighted by Crippen LogP contribution is -2.53. The lowest BCUT2D eigenvalue weighted by molar-refractivity contribution is -0.146. The molecular formula is C90H129Cl5N18O18. The second-order valence-corrected chi connectivity index (χ2v) is 35.8. The predicted octanol–water partition coefficient (Wildman–Crippen LogP) is 10.3. The number of para-hydroxylation sites is 4. The SMILES string of the molecule is COC(=O)[C@H](C[C@@H]1CCNC1=O)NC(=O)[C@@H](N)CC1CC1.COC(=O)[C@H](C[C@@H]1CCNC1=O)NC(=O)[C@H](CC1CC1)NC(=O)c1cc2cccc(Cl)c2[nH]1.Cl.N#C[C@H](C[C@@H]1CCNC1=O)NC(=O)[C@H](CC1CC1)NC(=O)c1cc2cccc(Cl)c2[nH]1.NC(=O)[C@H](C[C@@H]1CCNC1=O)NC(=O)[C@H](CC1CC1)NC(=O)c1cc2cccc(Cl)c2[nH]1.O=C(O)c1cc2cccc(Cl)c2[nH]1.[HH].[HH].[HH].[HH].[HH].[HH].[HH].[HH].[HH].[HH].[HH]. The molecule has 131 heavy (non-hydrogen) atoms. The van der Waals surface area contributed by atoms with Gasteiger partial charge in [0.05, 0.1) is 68.5 Å². The van der Waals surface area contributed by atoms with Gasteiger partial charge < -0.3 is 104 Å². The van der Waals surface area contributed by atoms with Gasteiger partial charge in [0.2, 0.25) is 53.2 Å². The molecular weight excluding hydrogens is 1800 g/mol. The average Bonchev–Trinajstić information content (AvgIpc) is 1.68. The first-order chi connectivity index (χ1) is 62.3. The fraction of sp³-hybridized carbons (Fsp3) is 0.467. The topological polar surface area (TPSA) is 566 Å². The zero-order chi connectivity index (χ0) is 93.1. The van der Waals surface area contributed by atoms with Crippen LogP contribution in [0.2, 0.25) is 20.1 Å². The number of methoxy groups -OCH3 is 2. The number of halogens is 5. The largest absolute Gasteiger partial charge is 0.477 e. The highest BCUT2D eigenvalue weighted by atomic mass is 35.5. The summed E-state index contributed by atoms with van der Waals surface area (Å²) in [5, 5.41) is 53.3. The minimum absolute atomic E-state index is 0. The Hall–Kier alpha value is -12.0. The van der Waals surface area contributed by atoms with Gasteiger partial charge in [-0.05, 0) is 149 Å². The number of nitrogens with two attached hydrogens (primary N) is 2. The smallest absolute Gasteiger partial charge is 0.352 e. The molecule has 41 heteroatoms. The molecule has 20 N–H and O–H groups in total. The van der Waals surface area contributed by atoms with Crippen LogP contribution < -0.4 is 70.0 Å². The van der Waals surface area contributed by atoms with E-state index in [9.17, 15) is 77.2 Å². The maximum atomic E-state index is 13.1. The van der Waals surface area contributed by atoms with E-state index < -0.39 is 108 Å². The van der Waals surface area contributed by atoms with Gasteiger partial charge in [-0.15, -0.1) is 12.4 Å². The monoisotopic (exact) mass is 1920 g/mol. The number of carbonyl (C=O) groups is 15. The highest BCUT2D eigenvalue weighted by Crippen LogP contribution is 2.38. The number of nitriles is 1. The quantitative estimate of drug-likeness (QED) is 0.0167. The summed E-state index contributed by atoms with van der Waals surface area (Å²) in [5.41, 5.74) is 15.0. The summed E-state index contributed by atoms with van der Waals surface area (Å²) in [6.45, 7) is 2.27. The summed E-state index contributed by atoms with van der Waals surface area (Å²) in [7, 11) is 2.50. The Bertz CT molecular complexity index is 5680. The number of ether oxygens (including phenoxy) is 2. The fourth-order valence-electron chi connectivity index (χ4n) is 16.1. The Morgan fingerprint density at radius 2 is 0.687 bits per heavy atom. The summed E-state index contributed by atoms with van der Waals surface area (Å²) in [6.07, 6.45) is 13.6. The Morgan fingerprint density at radius 3 is 0.969 bits per heavy atom. The molecule has 4 aromatic heterocycles. The molecule has 722 valence electrons. The minimum atomic E-state index is -0.984. The van der Waals surface area contributed by atoms with Gasteiger partial charge in [-0.3, -0.25) is 57.5 Å². The van der Waals surface area contributed by atoms with E-state index in [1.807, 2.05) is 24.3 Å². The second kappa shape index (κ2) is 46.2. The number of nitrogens with zero attached hydrogens (tertiary/aromatic N) is 1. The highest BCUT2D eigenvalue weighted by Gasteiger charge is 2.41. The van der Waals surface area contributed by atoms with Gasteiger partial charge in [0, 0.05) is 87.1 Å². The molecule has 4 aliphatic carbocycles. The molecule has 8 aliphatic rings. The molecule has 16 rings (SSSR count). The molecule has 4 saturated heterocycles. The number of carboxylic acids is 1. The summed E-state index contributed by atoms with van der Waals surface area (Å²) >= 11 is 24.4. The van der Waals surface area contributed by atoms with E-state index in [1.54, 1.807) is 72.8 Å². The average molecular weight is 1930 g/mol. The minimum Gasteiger partial charge on any atom is -0.477 e. The van der Waals surface area contributed by atoms with E-state index >= 15 is 0 Å². The Labute approximate surface area is 795 Å². The number of hydrogen-bond donors (Lipinski definition) is 18. The van der Waals surface area contributed by atoms with Gasteiger partial charge >= 0.3 is 17.9 Å². The van der Waals surface area contributed by atoms with E-state index in [4.69, 9.17) is 72.5 Å². The van der Waals surface area contributed by atoms with Crippen LogP contribution in [-0.4, -0.2) is 203 Å². The number of amides is 12. The number of esters is 2. The Balaban J connectivity index is 0.00000176. The van der Waals surface area contributed by atoms with Gasteiger partial charge in [-0.1, -0.05) is 146 Å². The highest BCUT2D eigenvalue weighted by molar-refractivity contribution is 6.36. The second-order valence-electron chi connectivity index (χ2n) is 34.1. The number of carbonyl (C=O) groups excluding carboxylic acids is 14. The van der Waals surface area contributed by atoms with Crippen LogP contribution in [0, 0.1) is 58.7 Å². The maximum Gasteiger partial charge on any atom is 0.352 e. The molecule has 4 aliphatic heterocycles. The number of nitrogens with one attached hydrogen (secondary N) is 15. The number of primary amides is 1. The molecule has 0 spiro atoms. The van der Waals surface area contributed by atoms with Crippen LogP contribution >= 0.6 is 58.8 Å². The molecule has 12 atom stereocenters.